The summed E-state index contributed by atoms with van der Waals surface area (Å²) in [5.41, 5.74) is 5.43. The number of thiophene rings is 1. The number of anilines is 1. The molecule has 108 valence electrons. The van der Waals surface area contributed by atoms with Gasteiger partial charge in [0.05, 0.1) is 16.8 Å². The van der Waals surface area contributed by atoms with E-state index in [1.807, 2.05) is 13.8 Å². The highest BCUT2D eigenvalue weighted by atomic mass is 32.2. The monoisotopic (exact) mass is 314 g/mol. The molecule has 0 aromatic carbocycles. The highest BCUT2D eigenvalue weighted by Crippen LogP contribution is 2.22. The average molecular weight is 314 g/mol. The molecule has 20 heavy (non-hydrogen) atoms. The molecule has 0 saturated heterocycles. The van der Waals surface area contributed by atoms with E-state index in [2.05, 4.69) is 9.82 Å². The standard InChI is InChI=1S/C11H14N4O3S2/c1-7(2)15-5-9(4-13-15)20(17,18)14-8-3-10(11(12)16)19-6-8/h3-7,14H,1-2H3,(H2,12,16). The third-order valence-electron chi connectivity index (χ3n) is 2.51. The lowest BCUT2D eigenvalue weighted by Gasteiger charge is -2.04. The number of amides is 1. The minimum Gasteiger partial charge on any atom is -0.365 e. The van der Waals surface area contributed by atoms with Crippen LogP contribution in [-0.2, 0) is 10.0 Å². The molecule has 2 aromatic heterocycles. The summed E-state index contributed by atoms with van der Waals surface area (Å²) >= 11 is 1.08. The van der Waals surface area contributed by atoms with Crippen molar-refractivity contribution in [1.82, 2.24) is 9.78 Å². The summed E-state index contributed by atoms with van der Waals surface area (Å²) in [5, 5.41) is 5.50. The van der Waals surface area contributed by atoms with Gasteiger partial charge in [0.15, 0.2) is 0 Å². The van der Waals surface area contributed by atoms with E-state index in [-0.39, 0.29) is 10.9 Å². The maximum absolute atomic E-state index is 12.1. The molecule has 0 fully saturated rings. The molecule has 0 aliphatic rings. The van der Waals surface area contributed by atoms with Crippen molar-refractivity contribution in [2.75, 3.05) is 4.72 Å². The number of nitrogens with one attached hydrogen (secondary N) is 1. The first kappa shape index (κ1) is 14.5. The van der Waals surface area contributed by atoms with Gasteiger partial charge in [-0.25, -0.2) is 8.42 Å². The van der Waals surface area contributed by atoms with Crippen LogP contribution in [-0.4, -0.2) is 24.1 Å². The van der Waals surface area contributed by atoms with E-state index in [9.17, 15) is 13.2 Å². The number of rotatable bonds is 5. The van der Waals surface area contributed by atoms with E-state index in [0.717, 1.165) is 11.3 Å². The molecule has 0 radical (unpaired) electrons. The zero-order valence-electron chi connectivity index (χ0n) is 10.9. The van der Waals surface area contributed by atoms with Crippen LogP contribution < -0.4 is 10.5 Å². The number of sulfonamides is 1. The van der Waals surface area contributed by atoms with Gasteiger partial charge in [-0.1, -0.05) is 0 Å². The third-order valence-corrected chi connectivity index (χ3v) is 4.79. The molecule has 2 heterocycles. The van der Waals surface area contributed by atoms with Crippen LogP contribution in [0.5, 0.6) is 0 Å². The Balaban J connectivity index is 2.23. The molecule has 0 aliphatic heterocycles. The summed E-state index contributed by atoms with van der Waals surface area (Å²) in [7, 11) is -3.72. The highest BCUT2D eigenvalue weighted by Gasteiger charge is 2.18. The zero-order valence-corrected chi connectivity index (χ0v) is 12.5. The Kier molecular flexibility index (Phi) is 3.82. The van der Waals surface area contributed by atoms with Crippen molar-refractivity contribution >= 4 is 33.0 Å². The average Bonchev–Trinajstić information content (AvgIpc) is 2.95. The van der Waals surface area contributed by atoms with Gasteiger partial charge in [-0.2, -0.15) is 5.10 Å². The van der Waals surface area contributed by atoms with Crippen molar-refractivity contribution in [2.45, 2.75) is 24.8 Å². The van der Waals surface area contributed by atoms with Gasteiger partial charge in [-0.05, 0) is 19.9 Å². The minimum absolute atomic E-state index is 0.0676. The fourth-order valence-corrected chi connectivity index (χ4v) is 3.22. The van der Waals surface area contributed by atoms with Crippen LogP contribution in [0.2, 0.25) is 0 Å². The Morgan fingerprint density at radius 1 is 1.50 bits per heavy atom. The van der Waals surface area contributed by atoms with Gasteiger partial charge in [0, 0.05) is 17.6 Å². The second-order valence-electron chi connectivity index (χ2n) is 4.42. The number of nitrogens with two attached hydrogens (primary N) is 1. The van der Waals surface area contributed by atoms with E-state index in [4.69, 9.17) is 5.73 Å². The van der Waals surface area contributed by atoms with Crippen LogP contribution in [0.4, 0.5) is 5.69 Å². The van der Waals surface area contributed by atoms with E-state index in [1.165, 1.54) is 23.8 Å². The SMILES string of the molecule is CC(C)n1cc(S(=O)(=O)Nc2csc(C(N)=O)c2)cn1. The summed E-state index contributed by atoms with van der Waals surface area (Å²) < 4.78 is 28.2. The van der Waals surface area contributed by atoms with Gasteiger partial charge in [-0.3, -0.25) is 14.2 Å². The van der Waals surface area contributed by atoms with Crippen LogP contribution in [0.1, 0.15) is 29.6 Å². The lowest BCUT2D eigenvalue weighted by molar-refractivity contribution is 0.100. The quantitative estimate of drug-likeness (QED) is 0.870. The molecule has 9 heteroatoms. The summed E-state index contributed by atoms with van der Waals surface area (Å²) in [6.45, 7) is 3.80. The molecule has 2 aromatic rings. The van der Waals surface area contributed by atoms with Gasteiger partial charge >= 0.3 is 0 Å². The highest BCUT2D eigenvalue weighted by molar-refractivity contribution is 7.92. The molecule has 1 amide bonds. The topological polar surface area (TPSA) is 107 Å². The second kappa shape index (κ2) is 5.25. The molecular weight excluding hydrogens is 300 g/mol. The Morgan fingerprint density at radius 2 is 2.20 bits per heavy atom. The molecule has 7 nitrogen and oxygen atoms in total. The van der Waals surface area contributed by atoms with Gasteiger partial charge in [0.25, 0.3) is 15.9 Å². The molecule has 0 unspecified atom stereocenters. The molecule has 3 N–H and O–H groups in total. The lowest BCUT2D eigenvalue weighted by Crippen LogP contribution is -2.12. The minimum atomic E-state index is -3.72. The number of aromatic nitrogens is 2. The maximum atomic E-state index is 12.1. The number of hydrogen-bond donors (Lipinski definition) is 2. The van der Waals surface area contributed by atoms with Crippen molar-refractivity contribution in [3.63, 3.8) is 0 Å². The van der Waals surface area contributed by atoms with Crippen LogP contribution in [0, 0.1) is 0 Å². The molecule has 0 bridgehead atoms. The fraction of sp³-hybridized carbons (Fsp3) is 0.273. The number of primary amides is 1. The van der Waals surface area contributed by atoms with Crippen LogP contribution in [0.3, 0.4) is 0 Å². The third kappa shape index (κ3) is 2.99. The molecular formula is C11H14N4O3S2. The van der Waals surface area contributed by atoms with E-state index >= 15 is 0 Å². The molecule has 0 saturated carbocycles. The predicted octanol–water partition coefficient (Wildman–Crippen LogP) is 1.43. The lowest BCUT2D eigenvalue weighted by atomic mass is 10.4. The summed E-state index contributed by atoms with van der Waals surface area (Å²) in [6.07, 6.45) is 2.73. The van der Waals surface area contributed by atoms with E-state index in [1.54, 1.807) is 4.68 Å². The second-order valence-corrected chi connectivity index (χ2v) is 7.01. The summed E-state index contributed by atoms with van der Waals surface area (Å²) in [6, 6.07) is 1.47. The summed E-state index contributed by atoms with van der Waals surface area (Å²) in [5.74, 6) is -0.590. The first-order valence-corrected chi connectivity index (χ1v) is 8.11. The van der Waals surface area contributed by atoms with Crippen molar-refractivity contribution in [2.24, 2.45) is 5.73 Å². The van der Waals surface area contributed by atoms with E-state index in [0.29, 0.717) is 10.6 Å². The first-order chi connectivity index (χ1) is 9.29. The normalized spacial score (nSPS) is 11.8. The summed E-state index contributed by atoms with van der Waals surface area (Å²) in [4.78, 5) is 11.3. The predicted molar refractivity (Wildman–Crippen MR) is 76.3 cm³/mol. The Morgan fingerprint density at radius 3 is 2.70 bits per heavy atom. The largest absolute Gasteiger partial charge is 0.365 e. The number of nitrogens with zero attached hydrogens (tertiary/aromatic N) is 2. The fourth-order valence-electron chi connectivity index (χ4n) is 1.47. The molecule has 0 atom stereocenters. The van der Waals surface area contributed by atoms with Gasteiger partial charge in [0.2, 0.25) is 0 Å². The number of carbonyl (C=O) groups is 1. The zero-order chi connectivity index (χ0) is 14.9. The Bertz CT molecular complexity index is 730. The molecule has 0 spiro atoms. The van der Waals surface area contributed by atoms with Crippen LogP contribution in [0.15, 0.2) is 28.7 Å². The maximum Gasteiger partial charge on any atom is 0.265 e. The first-order valence-electron chi connectivity index (χ1n) is 5.75. The van der Waals surface area contributed by atoms with Crippen molar-refractivity contribution in [3.05, 3.63) is 28.7 Å². The number of carbonyl (C=O) groups excluding carboxylic acids is 1. The Labute approximate surface area is 120 Å². The Hall–Kier alpha value is -1.87. The van der Waals surface area contributed by atoms with Crippen LogP contribution in [0.25, 0.3) is 0 Å². The van der Waals surface area contributed by atoms with Gasteiger partial charge in [-0.15, -0.1) is 11.3 Å². The smallest absolute Gasteiger partial charge is 0.265 e. The van der Waals surface area contributed by atoms with Gasteiger partial charge in [0.1, 0.15) is 4.90 Å². The molecule has 2 rings (SSSR count). The van der Waals surface area contributed by atoms with Crippen LogP contribution >= 0.6 is 11.3 Å². The van der Waals surface area contributed by atoms with Crippen molar-refractivity contribution in [3.8, 4) is 0 Å². The van der Waals surface area contributed by atoms with E-state index < -0.39 is 15.9 Å². The van der Waals surface area contributed by atoms with Crippen molar-refractivity contribution in [1.29, 1.82) is 0 Å². The number of hydrogen-bond acceptors (Lipinski definition) is 5. The molecule has 0 aliphatic carbocycles. The van der Waals surface area contributed by atoms with Crippen molar-refractivity contribution < 1.29 is 13.2 Å². The van der Waals surface area contributed by atoms with Gasteiger partial charge < -0.3 is 5.73 Å².